The summed E-state index contributed by atoms with van der Waals surface area (Å²) in [6, 6.07) is 12.4. The van der Waals surface area contributed by atoms with Gasteiger partial charge in [0.15, 0.2) is 0 Å². The minimum absolute atomic E-state index is 0.0675. The fourth-order valence-electron chi connectivity index (χ4n) is 5.34. The normalized spacial score (nSPS) is 23.4. The van der Waals surface area contributed by atoms with Crippen LogP contribution in [0.3, 0.4) is 0 Å². The molecule has 4 heterocycles. The molecule has 1 aliphatic carbocycles. The molecule has 7 nitrogen and oxygen atoms in total. The number of hydrazone groups is 1. The third-order valence-electron chi connectivity index (χ3n) is 7.17. The number of fused-ring (bicyclic) bond motifs is 1. The summed E-state index contributed by atoms with van der Waals surface area (Å²) in [6.45, 7) is 1.15. The van der Waals surface area contributed by atoms with E-state index in [1.54, 1.807) is 33.7 Å². The van der Waals surface area contributed by atoms with Gasteiger partial charge in [0.2, 0.25) is 10.0 Å². The number of thiophene rings is 2. The first-order valence-corrected chi connectivity index (χ1v) is 16.1. The van der Waals surface area contributed by atoms with Crippen molar-refractivity contribution in [2.45, 2.75) is 30.2 Å². The fraction of sp³-hybridized carbons (Fsp3) is 0.333. The van der Waals surface area contributed by atoms with Gasteiger partial charge in [0.05, 0.1) is 30.0 Å². The van der Waals surface area contributed by atoms with Crippen molar-refractivity contribution in [2.24, 2.45) is 11.0 Å². The highest BCUT2D eigenvalue weighted by Gasteiger charge is 2.44. The van der Waals surface area contributed by atoms with Gasteiger partial charge in [-0.2, -0.15) is 9.41 Å². The molecule has 2 atom stereocenters. The number of allylic oxidation sites excluding steroid dienone is 1. The topological polar surface area (TPSA) is 79.3 Å². The van der Waals surface area contributed by atoms with Crippen molar-refractivity contribution in [3.63, 3.8) is 0 Å². The van der Waals surface area contributed by atoms with Crippen LogP contribution in [-0.4, -0.2) is 55.7 Å². The smallest absolute Gasteiger partial charge is 0.274 e. The number of amides is 1. The Bertz CT molecular complexity index is 1490. The van der Waals surface area contributed by atoms with Gasteiger partial charge < -0.3 is 4.74 Å². The highest BCUT2D eigenvalue weighted by Crippen LogP contribution is 2.46. The van der Waals surface area contributed by atoms with E-state index >= 15 is 0 Å². The Morgan fingerprint density at radius 2 is 1.89 bits per heavy atom. The molecular weight excluding hydrogens is 562 g/mol. The fourth-order valence-corrected chi connectivity index (χ4v) is 8.81. The van der Waals surface area contributed by atoms with E-state index in [-0.39, 0.29) is 46.4 Å². The molecule has 0 bridgehead atoms. The van der Waals surface area contributed by atoms with Crippen molar-refractivity contribution < 1.29 is 17.9 Å². The molecule has 3 aromatic rings. The monoisotopic (exact) mass is 587 g/mol. The number of halogens is 1. The van der Waals surface area contributed by atoms with Gasteiger partial charge in [-0.25, -0.2) is 13.4 Å². The standard InChI is InChI=1S/C27H26ClN3O4S3/c28-22-9-8-19(17-24(22)38(33,34)30-10-12-35-13-11-30)27(32)31-26(23-7-3-15-37-23)21-6-1-4-18(25(21)29-31)16-20-5-2-14-36-20/h2-3,5,7-9,14-17,21,26H,1,4,6,10-13H2/b18-16+/t21-,26+/m1/s1. The molecule has 6 rings (SSSR count). The maximum absolute atomic E-state index is 14.0. The second-order valence-corrected chi connectivity index (χ2v) is 13.7. The summed E-state index contributed by atoms with van der Waals surface area (Å²) in [5.74, 6) is -0.253. The number of benzene rings is 1. The van der Waals surface area contributed by atoms with Crippen molar-refractivity contribution in [2.75, 3.05) is 26.3 Å². The van der Waals surface area contributed by atoms with E-state index in [4.69, 9.17) is 21.4 Å². The predicted molar refractivity (Wildman–Crippen MR) is 151 cm³/mol. The van der Waals surface area contributed by atoms with Crippen LogP contribution >= 0.6 is 34.3 Å². The Morgan fingerprint density at radius 3 is 2.63 bits per heavy atom. The zero-order valence-electron chi connectivity index (χ0n) is 20.5. The third kappa shape index (κ3) is 4.78. The molecule has 2 aliphatic heterocycles. The number of rotatable bonds is 5. The van der Waals surface area contributed by atoms with Crippen molar-refractivity contribution in [3.8, 4) is 0 Å². The molecule has 38 heavy (non-hydrogen) atoms. The van der Waals surface area contributed by atoms with E-state index in [9.17, 15) is 13.2 Å². The maximum Gasteiger partial charge on any atom is 0.274 e. The molecule has 11 heteroatoms. The number of morpholine rings is 1. The molecule has 1 aromatic carbocycles. The van der Waals surface area contributed by atoms with E-state index in [1.807, 2.05) is 23.6 Å². The number of carbonyl (C=O) groups is 1. The largest absolute Gasteiger partial charge is 0.379 e. The molecule has 0 spiro atoms. The van der Waals surface area contributed by atoms with E-state index in [1.165, 1.54) is 16.4 Å². The van der Waals surface area contributed by atoms with Crippen LogP contribution in [0.25, 0.3) is 6.08 Å². The van der Waals surface area contributed by atoms with Gasteiger partial charge in [-0.05, 0) is 72.0 Å². The highest BCUT2D eigenvalue weighted by atomic mass is 35.5. The van der Waals surface area contributed by atoms with Crippen molar-refractivity contribution in [3.05, 3.63) is 79.1 Å². The summed E-state index contributed by atoms with van der Waals surface area (Å²) in [7, 11) is -3.88. The highest BCUT2D eigenvalue weighted by molar-refractivity contribution is 7.89. The Hall–Kier alpha value is -2.34. The summed E-state index contributed by atoms with van der Waals surface area (Å²) < 4.78 is 33.4. The Labute approximate surface area is 235 Å². The average Bonchev–Trinajstić information content (AvgIpc) is 3.70. The lowest BCUT2D eigenvalue weighted by Gasteiger charge is -2.29. The number of carbonyl (C=O) groups excluding carboxylic acids is 1. The first-order valence-electron chi connectivity index (χ1n) is 12.5. The minimum atomic E-state index is -3.88. The number of sulfonamides is 1. The van der Waals surface area contributed by atoms with Crippen molar-refractivity contribution in [1.29, 1.82) is 0 Å². The molecule has 0 radical (unpaired) electrons. The third-order valence-corrected chi connectivity index (χ3v) is 11.3. The zero-order chi connectivity index (χ0) is 26.3. The van der Waals surface area contributed by atoms with Crippen LogP contribution in [0.5, 0.6) is 0 Å². The van der Waals surface area contributed by atoms with Crippen LogP contribution in [0.15, 0.2) is 68.8 Å². The summed E-state index contributed by atoms with van der Waals surface area (Å²) in [5.41, 5.74) is 2.35. The van der Waals surface area contributed by atoms with Crippen molar-refractivity contribution >= 4 is 62.0 Å². The molecule has 198 valence electrons. The Kier molecular flexibility index (Phi) is 7.28. The van der Waals surface area contributed by atoms with Crippen LogP contribution in [-0.2, 0) is 14.8 Å². The second-order valence-electron chi connectivity index (χ2n) is 9.44. The van der Waals surface area contributed by atoms with E-state index < -0.39 is 10.0 Å². The van der Waals surface area contributed by atoms with E-state index in [0.717, 1.165) is 40.3 Å². The van der Waals surface area contributed by atoms with Crippen LogP contribution in [0.2, 0.25) is 5.02 Å². The molecule has 1 saturated carbocycles. The molecule has 2 fully saturated rings. The van der Waals surface area contributed by atoms with Crippen molar-refractivity contribution in [1.82, 2.24) is 9.31 Å². The van der Waals surface area contributed by atoms with Gasteiger partial charge >= 0.3 is 0 Å². The van der Waals surface area contributed by atoms with E-state index in [0.29, 0.717) is 13.2 Å². The molecule has 2 aromatic heterocycles. The van der Waals surface area contributed by atoms with E-state index in [2.05, 4.69) is 17.5 Å². The lowest BCUT2D eigenvalue weighted by atomic mass is 9.79. The summed E-state index contributed by atoms with van der Waals surface area (Å²) in [4.78, 5) is 16.2. The van der Waals surface area contributed by atoms with Gasteiger partial charge in [-0.1, -0.05) is 23.7 Å². The minimum Gasteiger partial charge on any atom is -0.379 e. The number of hydrogen-bond donors (Lipinski definition) is 0. The lowest BCUT2D eigenvalue weighted by Crippen LogP contribution is -2.40. The SMILES string of the molecule is O=C(c1ccc(Cl)c(S(=O)(=O)N2CCOCC2)c1)N1N=C2/C(=C/c3cccs3)CCC[C@H]2[C@H]1c1cccs1. The predicted octanol–water partition coefficient (Wildman–Crippen LogP) is 5.92. The van der Waals surface area contributed by atoms with Crippen LogP contribution in [0, 0.1) is 5.92 Å². The Balaban J connectivity index is 1.39. The van der Waals surface area contributed by atoms with Gasteiger partial charge in [-0.3, -0.25) is 4.79 Å². The van der Waals surface area contributed by atoms with Crippen LogP contribution < -0.4 is 0 Å². The number of hydrogen-bond acceptors (Lipinski definition) is 7. The molecule has 1 amide bonds. The average molecular weight is 588 g/mol. The molecular formula is C27H26ClN3O4S3. The quantitative estimate of drug-likeness (QED) is 0.371. The first kappa shape index (κ1) is 25.9. The zero-order valence-corrected chi connectivity index (χ0v) is 23.7. The second kappa shape index (κ2) is 10.7. The Morgan fingerprint density at radius 1 is 1.11 bits per heavy atom. The van der Waals surface area contributed by atoms with Gasteiger partial charge in [-0.15, -0.1) is 22.7 Å². The molecule has 0 N–H and O–H groups in total. The van der Waals surface area contributed by atoms with Gasteiger partial charge in [0.1, 0.15) is 4.90 Å². The molecule has 1 saturated heterocycles. The summed E-state index contributed by atoms with van der Waals surface area (Å²) in [6.07, 6.45) is 5.05. The van der Waals surface area contributed by atoms with Gasteiger partial charge in [0.25, 0.3) is 5.91 Å². The summed E-state index contributed by atoms with van der Waals surface area (Å²) >= 11 is 9.65. The number of ether oxygens (including phenoxy) is 1. The van der Waals surface area contributed by atoms with Gasteiger partial charge in [0, 0.05) is 34.3 Å². The van der Waals surface area contributed by atoms with Crippen LogP contribution in [0.1, 0.15) is 45.4 Å². The lowest BCUT2D eigenvalue weighted by molar-refractivity contribution is 0.0683. The maximum atomic E-state index is 14.0. The number of nitrogens with zero attached hydrogens (tertiary/aromatic N) is 3. The summed E-state index contributed by atoms with van der Waals surface area (Å²) in [5, 5.41) is 10.6. The molecule has 0 unspecified atom stereocenters. The first-order chi connectivity index (χ1) is 18.4. The van der Waals surface area contributed by atoms with Crippen LogP contribution in [0.4, 0.5) is 0 Å². The molecule has 3 aliphatic rings.